The molecule has 0 radical (unpaired) electrons. The summed E-state index contributed by atoms with van der Waals surface area (Å²) in [5.74, 6) is 1.12. The maximum absolute atomic E-state index is 12.7. The van der Waals surface area contributed by atoms with Gasteiger partial charge in [0.1, 0.15) is 17.1 Å². The first-order chi connectivity index (χ1) is 12.2. The molecule has 0 bridgehead atoms. The summed E-state index contributed by atoms with van der Waals surface area (Å²) in [6, 6.07) is 13.1. The summed E-state index contributed by atoms with van der Waals surface area (Å²) in [6.07, 6.45) is 5.42. The van der Waals surface area contributed by atoms with Crippen molar-refractivity contribution in [3.63, 3.8) is 0 Å². The monoisotopic (exact) mass is 332 g/mol. The van der Waals surface area contributed by atoms with E-state index >= 15 is 0 Å². The third-order valence-corrected chi connectivity index (χ3v) is 4.84. The number of phenols is 1. The van der Waals surface area contributed by atoms with Gasteiger partial charge in [0, 0.05) is 40.5 Å². The summed E-state index contributed by atoms with van der Waals surface area (Å²) in [5.41, 5.74) is 3.89. The number of para-hydroxylation sites is 1. The quantitative estimate of drug-likeness (QED) is 0.659. The van der Waals surface area contributed by atoms with Crippen LogP contribution in [0.2, 0.25) is 0 Å². The summed E-state index contributed by atoms with van der Waals surface area (Å²) in [7, 11) is 0. The highest BCUT2D eigenvalue weighted by molar-refractivity contribution is 6.16. The van der Waals surface area contributed by atoms with Crippen LogP contribution in [0.3, 0.4) is 0 Å². The Hall–Kier alpha value is -2.81. The minimum absolute atomic E-state index is 0.00220. The number of ketones is 1. The van der Waals surface area contributed by atoms with Crippen LogP contribution in [-0.2, 0) is 12.8 Å². The van der Waals surface area contributed by atoms with Crippen LogP contribution in [0.4, 0.5) is 0 Å². The molecule has 1 aliphatic carbocycles. The van der Waals surface area contributed by atoms with E-state index in [0.29, 0.717) is 17.6 Å². The van der Waals surface area contributed by atoms with Crippen molar-refractivity contribution < 1.29 is 14.3 Å². The Labute approximate surface area is 146 Å². The molecule has 4 rings (SSSR count). The van der Waals surface area contributed by atoms with Crippen LogP contribution in [0.1, 0.15) is 47.0 Å². The Morgan fingerprint density at radius 1 is 1.16 bits per heavy atom. The van der Waals surface area contributed by atoms with Crippen LogP contribution in [0.25, 0.3) is 17.0 Å². The lowest BCUT2D eigenvalue weighted by Crippen LogP contribution is -1.95. The Morgan fingerprint density at radius 3 is 2.80 bits per heavy atom. The molecule has 3 heteroatoms. The number of aryl methyl sites for hydroxylation is 1. The number of carbonyl (C=O) groups is 1. The van der Waals surface area contributed by atoms with Gasteiger partial charge in [0.2, 0.25) is 0 Å². The van der Waals surface area contributed by atoms with Crippen molar-refractivity contribution in [3.8, 4) is 5.75 Å². The highest BCUT2D eigenvalue weighted by Crippen LogP contribution is 2.36. The molecule has 0 saturated heterocycles. The van der Waals surface area contributed by atoms with E-state index in [9.17, 15) is 9.90 Å². The molecule has 0 atom stereocenters. The van der Waals surface area contributed by atoms with Gasteiger partial charge < -0.3 is 9.52 Å². The minimum atomic E-state index is -0.00220. The largest absolute Gasteiger partial charge is 0.508 e. The van der Waals surface area contributed by atoms with Gasteiger partial charge in [-0.3, -0.25) is 4.79 Å². The lowest BCUT2D eigenvalue weighted by atomic mass is 10.0. The van der Waals surface area contributed by atoms with Gasteiger partial charge in [-0.2, -0.15) is 0 Å². The third-order valence-electron chi connectivity index (χ3n) is 4.84. The molecule has 1 N–H and O–H groups in total. The number of phenolic OH excluding ortho intramolecular Hbond substituents is 1. The number of carbonyl (C=O) groups excluding carboxylic acids is 1. The average Bonchev–Trinajstić information content (AvgIpc) is 3.13. The Balaban J connectivity index is 1.82. The standard InChI is InChI=1S/C22H20O3/c1-2-3-10-21-18(15-7-4-5-11-20(15)25-21)13-14-12-17-16(22(14)24)8-6-9-19(17)23/h4-9,11,13,23H,2-3,10,12H2,1H3/b14-13-. The summed E-state index contributed by atoms with van der Waals surface area (Å²) < 4.78 is 6.04. The first kappa shape index (κ1) is 15.7. The van der Waals surface area contributed by atoms with Crippen molar-refractivity contribution in [3.05, 3.63) is 70.5 Å². The number of unbranched alkanes of at least 4 members (excludes halogenated alkanes) is 1. The first-order valence-electron chi connectivity index (χ1n) is 8.75. The third kappa shape index (κ3) is 2.66. The van der Waals surface area contributed by atoms with Crippen molar-refractivity contribution in [1.82, 2.24) is 0 Å². The van der Waals surface area contributed by atoms with Gasteiger partial charge in [0.05, 0.1) is 0 Å². The zero-order valence-electron chi connectivity index (χ0n) is 14.2. The fourth-order valence-electron chi connectivity index (χ4n) is 3.51. The summed E-state index contributed by atoms with van der Waals surface area (Å²) >= 11 is 0. The zero-order chi connectivity index (χ0) is 17.4. The van der Waals surface area contributed by atoms with Crippen molar-refractivity contribution in [2.45, 2.75) is 32.6 Å². The predicted molar refractivity (Wildman–Crippen MR) is 98.9 cm³/mol. The van der Waals surface area contributed by atoms with Gasteiger partial charge in [-0.15, -0.1) is 0 Å². The SMILES string of the molecule is CCCCc1oc2ccccc2c1/C=C1/Cc2c(O)cccc2C1=O. The highest BCUT2D eigenvalue weighted by atomic mass is 16.3. The van der Waals surface area contributed by atoms with Crippen LogP contribution >= 0.6 is 0 Å². The van der Waals surface area contributed by atoms with E-state index in [4.69, 9.17) is 4.42 Å². The first-order valence-corrected chi connectivity index (χ1v) is 8.75. The Morgan fingerprint density at radius 2 is 2.00 bits per heavy atom. The Kier molecular flexibility index (Phi) is 3.92. The molecule has 126 valence electrons. The number of hydrogen-bond acceptors (Lipinski definition) is 3. The van der Waals surface area contributed by atoms with E-state index in [-0.39, 0.29) is 11.5 Å². The number of fused-ring (bicyclic) bond motifs is 2. The maximum Gasteiger partial charge on any atom is 0.189 e. The van der Waals surface area contributed by atoms with Gasteiger partial charge in [0.15, 0.2) is 5.78 Å². The molecule has 0 unspecified atom stereocenters. The molecule has 3 aromatic rings. The number of rotatable bonds is 4. The molecular weight excluding hydrogens is 312 g/mol. The molecule has 2 aromatic carbocycles. The topological polar surface area (TPSA) is 50.4 Å². The fourth-order valence-corrected chi connectivity index (χ4v) is 3.51. The van der Waals surface area contributed by atoms with Crippen molar-refractivity contribution in [2.75, 3.05) is 0 Å². The number of furan rings is 1. The highest BCUT2D eigenvalue weighted by Gasteiger charge is 2.27. The lowest BCUT2D eigenvalue weighted by molar-refractivity contribution is 0.104. The second kappa shape index (κ2) is 6.25. The van der Waals surface area contributed by atoms with E-state index in [0.717, 1.165) is 47.1 Å². The summed E-state index contributed by atoms with van der Waals surface area (Å²) in [5, 5.41) is 11.1. The number of aromatic hydroxyl groups is 1. The molecule has 1 heterocycles. The van der Waals surface area contributed by atoms with Crippen LogP contribution in [-0.4, -0.2) is 10.9 Å². The van der Waals surface area contributed by atoms with E-state index in [2.05, 4.69) is 6.92 Å². The minimum Gasteiger partial charge on any atom is -0.508 e. The molecule has 1 aromatic heterocycles. The van der Waals surface area contributed by atoms with E-state index in [1.165, 1.54) is 0 Å². The van der Waals surface area contributed by atoms with Crippen LogP contribution in [0, 0.1) is 0 Å². The summed E-state index contributed by atoms with van der Waals surface area (Å²) in [4.78, 5) is 12.7. The molecule has 3 nitrogen and oxygen atoms in total. The second-order valence-electron chi connectivity index (χ2n) is 6.52. The summed E-state index contributed by atoms with van der Waals surface area (Å²) in [6.45, 7) is 2.15. The van der Waals surface area contributed by atoms with Gasteiger partial charge in [-0.25, -0.2) is 0 Å². The number of allylic oxidation sites excluding steroid dienone is 1. The van der Waals surface area contributed by atoms with Crippen LogP contribution in [0.5, 0.6) is 5.75 Å². The molecule has 1 aliphatic rings. The van der Waals surface area contributed by atoms with Crippen molar-refractivity contribution >= 4 is 22.8 Å². The molecule has 0 fully saturated rings. The van der Waals surface area contributed by atoms with Crippen LogP contribution in [0.15, 0.2) is 52.5 Å². The number of Topliss-reactive ketones (excluding diaryl/α,β-unsaturated/α-hetero) is 1. The molecule has 25 heavy (non-hydrogen) atoms. The number of hydrogen-bond donors (Lipinski definition) is 1. The maximum atomic E-state index is 12.7. The van der Waals surface area contributed by atoms with E-state index in [1.54, 1.807) is 18.2 Å². The van der Waals surface area contributed by atoms with Crippen LogP contribution < -0.4 is 0 Å². The molecule has 0 aliphatic heterocycles. The number of benzene rings is 2. The normalized spacial score (nSPS) is 15.2. The molecule has 0 amide bonds. The molecule has 0 spiro atoms. The van der Waals surface area contributed by atoms with Crippen molar-refractivity contribution in [2.24, 2.45) is 0 Å². The average molecular weight is 332 g/mol. The smallest absolute Gasteiger partial charge is 0.189 e. The Bertz CT molecular complexity index is 992. The van der Waals surface area contributed by atoms with Gasteiger partial charge in [-0.05, 0) is 24.6 Å². The van der Waals surface area contributed by atoms with Gasteiger partial charge in [0.25, 0.3) is 0 Å². The van der Waals surface area contributed by atoms with Crippen molar-refractivity contribution in [1.29, 1.82) is 0 Å². The predicted octanol–water partition coefficient (Wildman–Crippen LogP) is 5.30. The van der Waals surface area contributed by atoms with Gasteiger partial charge in [-0.1, -0.05) is 43.7 Å². The molecule has 0 saturated carbocycles. The fraction of sp³-hybridized carbons (Fsp3) is 0.227. The van der Waals surface area contributed by atoms with E-state index in [1.807, 2.05) is 30.3 Å². The lowest BCUT2D eigenvalue weighted by Gasteiger charge is -2.00. The molecular formula is C22H20O3. The zero-order valence-corrected chi connectivity index (χ0v) is 14.2. The second-order valence-corrected chi connectivity index (χ2v) is 6.52. The van der Waals surface area contributed by atoms with E-state index < -0.39 is 0 Å². The van der Waals surface area contributed by atoms with Gasteiger partial charge >= 0.3 is 0 Å².